The molecule has 1 nitrogen and oxygen atoms in total. The quantitative estimate of drug-likeness (QED) is 0.634. The van der Waals surface area contributed by atoms with E-state index in [1.54, 1.807) is 7.11 Å². The fourth-order valence-corrected chi connectivity index (χ4v) is 4.29. The molecular formula is C18H27ClO. The summed E-state index contributed by atoms with van der Waals surface area (Å²) < 4.78 is 5.46. The summed E-state index contributed by atoms with van der Waals surface area (Å²) in [6.07, 6.45) is 7.40. The minimum atomic E-state index is 0.212. The Balaban J connectivity index is 2.14. The highest BCUT2D eigenvalue weighted by Gasteiger charge is 2.40. The van der Waals surface area contributed by atoms with E-state index in [0.29, 0.717) is 11.3 Å². The van der Waals surface area contributed by atoms with Gasteiger partial charge in [0, 0.05) is 5.38 Å². The summed E-state index contributed by atoms with van der Waals surface area (Å²) >= 11 is 6.90. The van der Waals surface area contributed by atoms with Crippen LogP contribution in [-0.4, -0.2) is 12.5 Å². The molecule has 1 fully saturated rings. The van der Waals surface area contributed by atoms with Crippen molar-refractivity contribution >= 4 is 11.6 Å². The fraction of sp³-hybridized carbons (Fsp3) is 0.667. The summed E-state index contributed by atoms with van der Waals surface area (Å²) in [4.78, 5) is 0. The van der Waals surface area contributed by atoms with Gasteiger partial charge in [-0.15, -0.1) is 11.6 Å². The SMILES string of the molecule is COc1ccccc1CC(Cl)C1(CC(C)C)CCCC1. The molecule has 0 heterocycles. The van der Waals surface area contributed by atoms with Crippen LogP contribution in [0, 0.1) is 11.3 Å². The first-order valence-electron chi connectivity index (χ1n) is 7.83. The summed E-state index contributed by atoms with van der Waals surface area (Å²) in [5.41, 5.74) is 1.57. The second kappa shape index (κ2) is 6.85. The smallest absolute Gasteiger partial charge is 0.122 e. The van der Waals surface area contributed by atoms with Crippen LogP contribution in [0.25, 0.3) is 0 Å². The molecule has 0 aromatic heterocycles. The van der Waals surface area contributed by atoms with Gasteiger partial charge in [0.05, 0.1) is 7.11 Å². The Bertz CT molecular complexity index is 421. The van der Waals surface area contributed by atoms with Gasteiger partial charge >= 0.3 is 0 Å². The van der Waals surface area contributed by atoms with Crippen LogP contribution < -0.4 is 4.74 Å². The molecule has 0 aliphatic heterocycles. The molecule has 0 bridgehead atoms. The lowest BCUT2D eigenvalue weighted by Crippen LogP contribution is -2.32. The molecular weight excluding hydrogens is 268 g/mol. The summed E-state index contributed by atoms with van der Waals surface area (Å²) in [5.74, 6) is 1.68. The Morgan fingerprint density at radius 2 is 1.85 bits per heavy atom. The molecule has 1 aliphatic carbocycles. The predicted octanol–water partition coefficient (Wildman–Crippen LogP) is 5.45. The summed E-state index contributed by atoms with van der Waals surface area (Å²) in [6, 6.07) is 8.27. The normalized spacial score (nSPS) is 19.2. The number of benzene rings is 1. The lowest BCUT2D eigenvalue weighted by atomic mass is 9.74. The predicted molar refractivity (Wildman–Crippen MR) is 86.7 cm³/mol. The molecule has 0 saturated heterocycles. The fourth-order valence-electron chi connectivity index (χ4n) is 3.82. The van der Waals surface area contributed by atoms with Gasteiger partial charge in [-0.05, 0) is 48.6 Å². The molecule has 1 aliphatic rings. The zero-order chi connectivity index (χ0) is 14.6. The van der Waals surface area contributed by atoms with E-state index in [4.69, 9.17) is 16.3 Å². The Kier molecular flexibility index (Phi) is 5.37. The number of ether oxygens (including phenoxy) is 1. The Morgan fingerprint density at radius 3 is 2.45 bits per heavy atom. The first-order chi connectivity index (χ1) is 9.57. The number of halogens is 1. The van der Waals surface area contributed by atoms with E-state index < -0.39 is 0 Å². The van der Waals surface area contributed by atoms with Gasteiger partial charge in [0.2, 0.25) is 0 Å². The van der Waals surface area contributed by atoms with Gasteiger partial charge < -0.3 is 4.74 Å². The van der Waals surface area contributed by atoms with E-state index in [9.17, 15) is 0 Å². The average molecular weight is 295 g/mol. The van der Waals surface area contributed by atoms with Gasteiger partial charge in [-0.25, -0.2) is 0 Å². The van der Waals surface area contributed by atoms with E-state index in [1.165, 1.54) is 37.7 Å². The zero-order valence-electron chi connectivity index (χ0n) is 13.0. The van der Waals surface area contributed by atoms with Crippen molar-refractivity contribution < 1.29 is 4.74 Å². The van der Waals surface area contributed by atoms with Crippen LogP contribution in [0.5, 0.6) is 5.75 Å². The van der Waals surface area contributed by atoms with Crippen LogP contribution in [-0.2, 0) is 6.42 Å². The lowest BCUT2D eigenvalue weighted by molar-refractivity contribution is 0.220. The maximum Gasteiger partial charge on any atom is 0.122 e. The maximum atomic E-state index is 6.90. The van der Waals surface area contributed by atoms with Crippen molar-refractivity contribution in [1.29, 1.82) is 0 Å². The van der Waals surface area contributed by atoms with E-state index >= 15 is 0 Å². The van der Waals surface area contributed by atoms with Crippen LogP contribution in [0.3, 0.4) is 0 Å². The molecule has 0 radical (unpaired) electrons. The highest BCUT2D eigenvalue weighted by atomic mass is 35.5. The largest absolute Gasteiger partial charge is 0.496 e. The van der Waals surface area contributed by atoms with Crippen LogP contribution in [0.15, 0.2) is 24.3 Å². The third-order valence-corrected chi connectivity index (χ3v) is 5.29. The molecule has 2 rings (SSSR count). The highest BCUT2D eigenvalue weighted by molar-refractivity contribution is 6.21. The number of para-hydroxylation sites is 1. The van der Waals surface area contributed by atoms with Gasteiger partial charge in [-0.1, -0.05) is 44.9 Å². The van der Waals surface area contributed by atoms with E-state index in [2.05, 4.69) is 26.0 Å². The molecule has 0 N–H and O–H groups in total. The number of rotatable bonds is 6. The van der Waals surface area contributed by atoms with Crippen LogP contribution in [0.1, 0.15) is 51.5 Å². The monoisotopic (exact) mass is 294 g/mol. The maximum absolute atomic E-state index is 6.90. The third-order valence-electron chi connectivity index (χ3n) is 4.67. The highest BCUT2D eigenvalue weighted by Crippen LogP contribution is 2.49. The zero-order valence-corrected chi connectivity index (χ0v) is 13.7. The van der Waals surface area contributed by atoms with Gasteiger partial charge in [-0.2, -0.15) is 0 Å². The average Bonchev–Trinajstić information content (AvgIpc) is 2.88. The number of methoxy groups -OCH3 is 1. The molecule has 20 heavy (non-hydrogen) atoms. The van der Waals surface area contributed by atoms with Crippen molar-refractivity contribution in [1.82, 2.24) is 0 Å². The minimum Gasteiger partial charge on any atom is -0.496 e. The van der Waals surface area contributed by atoms with Crippen molar-refractivity contribution in [2.75, 3.05) is 7.11 Å². The van der Waals surface area contributed by atoms with E-state index in [0.717, 1.165) is 12.2 Å². The second-order valence-electron chi connectivity index (χ2n) is 6.65. The molecule has 112 valence electrons. The first kappa shape index (κ1) is 15.7. The van der Waals surface area contributed by atoms with Crippen molar-refractivity contribution in [2.24, 2.45) is 11.3 Å². The number of hydrogen-bond acceptors (Lipinski definition) is 1. The molecule has 1 saturated carbocycles. The van der Waals surface area contributed by atoms with Crippen LogP contribution in [0.2, 0.25) is 0 Å². The number of hydrogen-bond donors (Lipinski definition) is 0. The third kappa shape index (κ3) is 3.49. The lowest BCUT2D eigenvalue weighted by Gasteiger charge is -2.36. The van der Waals surface area contributed by atoms with E-state index in [1.807, 2.05) is 12.1 Å². The minimum absolute atomic E-state index is 0.212. The first-order valence-corrected chi connectivity index (χ1v) is 8.27. The van der Waals surface area contributed by atoms with Crippen molar-refractivity contribution in [3.05, 3.63) is 29.8 Å². The molecule has 1 aromatic carbocycles. The van der Waals surface area contributed by atoms with Crippen molar-refractivity contribution in [2.45, 2.75) is 57.7 Å². The molecule has 0 amide bonds. The molecule has 1 atom stereocenters. The standard InChI is InChI=1S/C18H27ClO/c1-14(2)13-18(10-6-7-11-18)17(19)12-15-8-4-5-9-16(15)20-3/h4-5,8-9,14,17H,6-7,10-13H2,1-3H3. The Labute approximate surface area is 128 Å². The summed E-state index contributed by atoms with van der Waals surface area (Å²) in [5, 5.41) is 0.212. The van der Waals surface area contributed by atoms with Crippen LogP contribution in [0.4, 0.5) is 0 Å². The summed E-state index contributed by atoms with van der Waals surface area (Å²) in [7, 11) is 1.74. The molecule has 0 spiro atoms. The van der Waals surface area contributed by atoms with E-state index in [-0.39, 0.29) is 5.38 Å². The molecule has 2 heteroatoms. The Morgan fingerprint density at radius 1 is 1.20 bits per heavy atom. The topological polar surface area (TPSA) is 9.23 Å². The summed E-state index contributed by atoms with van der Waals surface area (Å²) in [6.45, 7) is 4.62. The molecule has 1 unspecified atom stereocenters. The molecule has 1 aromatic rings. The van der Waals surface area contributed by atoms with Crippen molar-refractivity contribution in [3.8, 4) is 5.75 Å². The van der Waals surface area contributed by atoms with Crippen LogP contribution >= 0.6 is 11.6 Å². The number of alkyl halides is 1. The van der Waals surface area contributed by atoms with Gasteiger partial charge in [0.25, 0.3) is 0 Å². The van der Waals surface area contributed by atoms with Crippen molar-refractivity contribution in [3.63, 3.8) is 0 Å². The van der Waals surface area contributed by atoms with Gasteiger partial charge in [0.15, 0.2) is 0 Å². The Hall–Kier alpha value is -0.690. The van der Waals surface area contributed by atoms with Gasteiger partial charge in [0.1, 0.15) is 5.75 Å². The second-order valence-corrected chi connectivity index (χ2v) is 7.18. The van der Waals surface area contributed by atoms with Gasteiger partial charge in [-0.3, -0.25) is 0 Å².